The molecule has 11 nitrogen and oxygen atoms in total. The molecule has 4 bridgehead atoms. The van der Waals surface area contributed by atoms with Gasteiger partial charge in [0.15, 0.2) is 15.5 Å². The predicted molar refractivity (Wildman–Crippen MR) is 183 cm³/mol. The molecule has 8 heterocycles. The number of nitrogens with one attached hydrogen (secondary N) is 1. The standard InChI is InChI=1S/C32H31N5O6S4/c1-34-25(41)29-14-28(19-9-5-6-10-20(19)33-23(28)22(29)24(40)31(34,15-38)46-44-29)37-18(12-17-8-4-7-11-21(17)37)13-30-26(42)36(3)32(16-39,47-45-30)27(43)35(30)2/h4-12,22-23,33,38-39H,13-16H2,1-3H3/t22?,23-,28?,29-,30+,31?,32?/m1/s1. The van der Waals surface area contributed by atoms with Crippen LogP contribution in [-0.2, 0) is 31.1 Å². The third kappa shape index (κ3) is 3.16. The van der Waals surface area contributed by atoms with Gasteiger partial charge in [0.25, 0.3) is 11.8 Å². The lowest BCUT2D eigenvalue weighted by atomic mass is 9.79. The number of para-hydroxylation sites is 2. The van der Waals surface area contributed by atoms with Gasteiger partial charge >= 0.3 is 0 Å². The van der Waals surface area contributed by atoms with Crippen LogP contribution in [-0.4, -0.2) is 113 Å². The van der Waals surface area contributed by atoms with Gasteiger partial charge in [-0.3, -0.25) is 19.2 Å². The summed E-state index contributed by atoms with van der Waals surface area (Å²) in [5, 5.41) is 25.5. The molecule has 8 aliphatic rings. The molecule has 3 aromatic rings. The molecule has 11 rings (SSSR count). The first-order chi connectivity index (χ1) is 22.5. The lowest BCUT2D eigenvalue weighted by molar-refractivity contribution is -0.165. The van der Waals surface area contributed by atoms with Gasteiger partial charge in [0.05, 0.1) is 30.7 Å². The second-order valence-corrected chi connectivity index (χ2v) is 18.7. The zero-order valence-corrected chi connectivity index (χ0v) is 28.9. The minimum absolute atomic E-state index is 0.158. The van der Waals surface area contributed by atoms with Crippen LogP contribution in [0.2, 0.25) is 0 Å². The molecule has 7 aliphatic heterocycles. The zero-order valence-electron chi connectivity index (χ0n) is 25.6. The SMILES string of the molecule is CN1C(=O)[C@@]23CC4(n5c(C[C@@]67SSC(CO)(C(=O)N6C)N(C)C7=O)cc6ccccc65)c5ccccc5N[C@@H]4C2C(=O)C1(CO)SS3. The normalized spacial score (nSPS) is 38.4. The van der Waals surface area contributed by atoms with Crippen molar-refractivity contribution in [3.8, 4) is 0 Å². The maximum atomic E-state index is 14.6. The van der Waals surface area contributed by atoms with Gasteiger partial charge in [-0.25, -0.2) is 0 Å². The summed E-state index contributed by atoms with van der Waals surface area (Å²) >= 11 is 0. The predicted octanol–water partition coefficient (Wildman–Crippen LogP) is 2.32. The summed E-state index contributed by atoms with van der Waals surface area (Å²) in [6, 6.07) is 17.4. The van der Waals surface area contributed by atoms with E-state index in [1.54, 1.807) is 21.1 Å². The van der Waals surface area contributed by atoms with E-state index in [4.69, 9.17) is 0 Å². The Morgan fingerprint density at radius 3 is 2.17 bits per heavy atom. The number of amides is 3. The lowest BCUT2D eigenvalue weighted by Crippen LogP contribution is -2.77. The number of likely N-dealkylation sites (N-methyl/N-ethyl adjacent to an activating group) is 3. The molecule has 7 fully saturated rings. The van der Waals surface area contributed by atoms with Crippen molar-refractivity contribution in [3.05, 3.63) is 65.9 Å². The summed E-state index contributed by atoms with van der Waals surface area (Å²) in [6.45, 7) is -0.976. The number of piperidine rings is 1. The number of Topliss-reactive ketones (excluding diaryl/α,β-unsaturated/α-hetero) is 1. The molecule has 2 aromatic carbocycles. The minimum atomic E-state index is -1.38. The molecule has 3 amide bonds. The molecule has 1 aromatic heterocycles. The fraction of sp³-hybridized carbons (Fsp3) is 0.438. The molecule has 0 radical (unpaired) electrons. The van der Waals surface area contributed by atoms with E-state index in [1.165, 1.54) is 57.9 Å². The molecule has 1 saturated carbocycles. The number of aliphatic hydroxyl groups is 2. The third-order valence-corrected chi connectivity index (χ3v) is 19.0. The molecular weight excluding hydrogens is 679 g/mol. The summed E-state index contributed by atoms with van der Waals surface area (Å²) in [5.74, 6) is -1.67. The number of nitrogens with zero attached hydrogens (tertiary/aromatic N) is 4. The van der Waals surface area contributed by atoms with Gasteiger partial charge in [-0.1, -0.05) is 68.8 Å². The fourth-order valence-electron chi connectivity index (χ4n) is 9.06. The number of hydrogen-bond acceptors (Lipinski definition) is 11. The van der Waals surface area contributed by atoms with Gasteiger partial charge < -0.3 is 34.8 Å². The second kappa shape index (κ2) is 9.45. The highest BCUT2D eigenvalue weighted by Gasteiger charge is 2.80. The van der Waals surface area contributed by atoms with Crippen LogP contribution in [0.4, 0.5) is 5.69 Å². The van der Waals surface area contributed by atoms with Crippen molar-refractivity contribution in [1.82, 2.24) is 19.3 Å². The zero-order chi connectivity index (χ0) is 32.9. The van der Waals surface area contributed by atoms with Crippen LogP contribution in [0.3, 0.4) is 0 Å². The average molecular weight is 710 g/mol. The Morgan fingerprint density at radius 2 is 1.40 bits per heavy atom. The largest absolute Gasteiger partial charge is 0.392 e. The second-order valence-electron chi connectivity index (χ2n) is 13.3. The van der Waals surface area contributed by atoms with Crippen LogP contribution in [0.25, 0.3) is 10.9 Å². The average Bonchev–Trinajstić information content (AvgIpc) is 3.70. The van der Waals surface area contributed by atoms with E-state index in [0.717, 1.165) is 27.8 Å². The van der Waals surface area contributed by atoms with Crippen molar-refractivity contribution in [2.45, 2.75) is 43.8 Å². The van der Waals surface area contributed by atoms with Crippen LogP contribution in [0, 0.1) is 5.92 Å². The first-order valence-corrected chi connectivity index (χ1v) is 19.6. The molecule has 244 valence electrons. The van der Waals surface area contributed by atoms with Crippen molar-refractivity contribution < 1.29 is 29.4 Å². The quantitative estimate of drug-likeness (QED) is 0.337. The van der Waals surface area contributed by atoms with Crippen molar-refractivity contribution in [2.75, 3.05) is 39.7 Å². The highest BCUT2D eigenvalue weighted by atomic mass is 33.1. The highest BCUT2D eigenvalue weighted by Crippen LogP contribution is 2.72. The van der Waals surface area contributed by atoms with Gasteiger partial charge in [-0.2, -0.15) is 0 Å². The van der Waals surface area contributed by atoms with Gasteiger partial charge in [0.1, 0.15) is 4.75 Å². The molecule has 1 aliphatic carbocycles. The van der Waals surface area contributed by atoms with E-state index in [-0.39, 0.29) is 29.9 Å². The number of carbonyl (C=O) groups is 4. The van der Waals surface area contributed by atoms with Crippen molar-refractivity contribution in [2.24, 2.45) is 5.92 Å². The van der Waals surface area contributed by atoms with Crippen LogP contribution in [0.5, 0.6) is 0 Å². The Kier molecular flexibility index (Phi) is 6.08. The van der Waals surface area contributed by atoms with E-state index in [9.17, 15) is 29.4 Å². The molecule has 47 heavy (non-hydrogen) atoms. The Morgan fingerprint density at radius 1 is 0.787 bits per heavy atom. The number of carbonyl (C=O) groups excluding carboxylic acids is 4. The maximum absolute atomic E-state index is 14.6. The van der Waals surface area contributed by atoms with E-state index in [1.807, 2.05) is 48.5 Å². The third-order valence-electron chi connectivity index (χ3n) is 11.5. The molecule has 15 heteroatoms. The molecule has 3 N–H and O–H groups in total. The smallest absolute Gasteiger partial charge is 0.263 e. The van der Waals surface area contributed by atoms with E-state index in [0.29, 0.717) is 6.42 Å². The Hall–Kier alpha value is -2.82. The number of anilines is 1. The van der Waals surface area contributed by atoms with Crippen LogP contribution < -0.4 is 5.32 Å². The number of ketones is 1. The highest BCUT2D eigenvalue weighted by molar-refractivity contribution is 8.78. The van der Waals surface area contributed by atoms with Crippen molar-refractivity contribution in [3.63, 3.8) is 0 Å². The van der Waals surface area contributed by atoms with Crippen molar-refractivity contribution in [1.29, 1.82) is 0 Å². The summed E-state index contributed by atoms with van der Waals surface area (Å²) in [6.07, 6.45) is 0.467. The van der Waals surface area contributed by atoms with Gasteiger partial charge in [0, 0.05) is 56.4 Å². The fourth-order valence-corrected chi connectivity index (χ4v) is 16.5. The number of fused-ring (bicyclic) bond motifs is 9. The number of aromatic nitrogens is 1. The van der Waals surface area contributed by atoms with Crippen molar-refractivity contribution >= 4 is 83.3 Å². The summed E-state index contributed by atoms with van der Waals surface area (Å²) < 4.78 is 1.14. The lowest BCUT2D eigenvalue weighted by Gasteiger charge is -2.58. The maximum Gasteiger partial charge on any atom is 0.263 e. The van der Waals surface area contributed by atoms with Gasteiger partial charge in [0.2, 0.25) is 10.8 Å². The number of benzene rings is 2. The van der Waals surface area contributed by atoms with E-state index in [2.05, 4.69) is 16.0 Å². The topological polar surface area (TPSA) is 135 Å². The molecule has 1 spiro atoms. The van der Waals surface area contributed by atoms with Crippen LogP contribution >= 0.6 is 43.2 Å². The first kappa shape index (κ1) is 30.3. The van der Waals surface area contributed by atoms with Gasteiger partial charge in [-0.05, 0) is 34.4 Å². The number of aliphatic hydroxyl groups excluding tert-OH is 2. The Balaban J connectivity index is 1.30. The van der Waals surface area contributed by atoms with Crippen LogP contribution in [0.1, 0.15) is 17.7 Å². The first-order valence-electron chi connectivity index (χ1n) is 15.3. The van der Waals surface area contributed by atoms with Crippen LogP contribution in [0.15, 0.2) is 54.6 Å². The molecule has 7 atom stereocenters. The summed E-state index contributed by atoms with van der Waals surface area (Å²) in [4.78, 5) is 57.3. The molecule has 4 unspecified atom stereocenters. The Bertz CT molecular complexity index is 1980. The minimum Gasteiger partial charge on any atom is -0.392 e. The molecule has 6 saturated heterocycles. The molecular formula is C32H31N5O6S4. The van der Waals surface area contributed by atoms with Gasteiger partial charge in [-0.15, -0.1) is 0 Å². The van der Waals surface area contributed by atoms with E-state index < -0.39 is 50.1 Å². The Labute approximate surface area is 285 Å². The number of hydrogen-bond donors (Lipinski definition) is 3. The summed E-state index contributed by atoms with van der Waals surface area (Å²) in [5.41, 5.74) is 2.56. The van der Waals surface area contributed by atoms with E-state index >= 15 is 0 Å². The summed E-state index contributed by atoms with van der Waals surface area (Å²) in [7, 11) is 10.0. The monoisotopic (exact) mass is 709 g/mol. The number of rotatable bonds is 5. The number of piperazine rings is 1.